The summed E-state index contributed by atoms with van der Waals surface area (Å²) in [4.78, 5) is 12.4. The van der Waals surface area contributed by atoms with Crippen LogP contribution in [0.3, 0.4) is 0 Å². The SMILES string of the molecule is Cc1c(C(=O)N=Nc2c(O)n(C)c3ccccc23)oc2ccccc12. The van der Waals surface area contributed by atoms with Gasteiger partial charge in [0.1, 0.15) is 5.58 Å². The molecule has 0 spiro atoms. The number of carbonyl (C=O) groups is 1. The van der Waals surface area contributed by atoms with E-state index in [4.69, 9.17) is 4.42 Å². The molecule has 4 aromatic rings. The van der Waals surface area contributed by atoms with E-state index in [-0.39, 0.29) is 17.3 Å². The molecule has 1 N–H and O–H groups in total. The van der Waals surface area contributed by atoms with Crippen LogP contribution in [0.2, 0.25) is 0 Å². The van der Waals surface area contributed by atoms with E-state index >= 15 is 0 Å². The van der Waals surface area contributed by atoms with E-state index in [1.54, 1.807) is 17.7 Å². The van der Waals surface area contributed by atoms with Gasteiger partial charge in [-0.1, -0.05) is 36.4 Å². The Morgan fingerprint density at radius 1 is 1.08 bits per heavy atom. The van der Waals surface area contributed by atoms with Crippen molar-refractivity contribution in [3.63, 3.8) is 0 Å². The van der Waals surface area contributed by atoms with Gasteiger partial charge in [-0.25, -0.2) is 0 Å². The first-order valence-corrected chi connectivity index (χ1v) is 7.78. The highest BCUT2D eigenvalue weighted by atomic mass is 16.3. The first-order valence-electron chi connectivity index (χ1n) is 7.78. The van der Waals surface area contributed by atoms with Crippen LogP contribution < -0.4 is 0 Å². The van der Waals surface area contributed by atoms with Gasteiger partial charge >= 0.3 is 5.91 Å². The molecule has 0 radical (unpaired) electrons. The Morgan fingerprint density at radius 3 is 2.52 bits per heavy atom. The van der Waals surface area contributed by atoms with Crippen LogP contribution in [0, 0.1) is 6.92 Å². The summed E-state index contributed by atoms with van der Waals surface area (Å²) in [5.41, 5.74) is 2.43. The minimum absolute atomic E-state index is 0.0425. The molecule has 4 rings (SSSR count). The predicted molar refractivity (Wildman–Crippen MR) is 94.4 cm³/mol. The number of fused-ring (bicyclic) bond motifs is 2. The Bertz CT molecular complexity index is 1150. The monoisotopic (exact) mass is 333 g/mol. The van der Waals surface area contributed by atoms with Crippen molar-refractivity contribution in [2.24, 2.45) is 17.3 Å². The van der Waals surface area contributed by atoms with Crippen LogP contribution in [0.4, 0.5) is 5.69 Å². The summed E-state index contributed by atoms with van der Waals surface area (Å²) in [7, 11) is 1.72. The maximum Gasteiger partial charge on any atom is 0.331 e. The summed E-state index contributed by atoms with van der Waals surface area (Å²) in [5, 5.41) is 19.6. The third-order valence-electron chi connectivity index (χ3n) is 4.33. The molecule has 0 aliphatic carbocycles. The molecule has 25 heavy (non-hydrogen) atoms. The number of rotatable bonds is 2. The fraction of sp³-hybridized carbons (Fsp3) is 0.105. The summed E-state index contributed by atoms with van der Waals surface area (Å²) in [6.45, 7) is 1.81. The number of hydrogen-bond donors (Lipinski definition) is 1. The van der Waals surface area contributed by atoms with Crippen LogP contribution in [-0.2, 0) is 7.05 Å². The summed E-state index contributed by atoms with van der Waals surface area (Å²) in [6, 6.07) is 14.8. The molecule has 6 heteroatoms. The quantitative estimate of drug-likeness (QED) is 0.532. The third kappa shape index (κ3) is 2.30. The number of aromatic nitrogens is 1. The number of carbonyl (C=O) groups excluding carboxylic acids is 1. The Hall–Kier alpha value is -3.41. The van der Waals surface area contributed by atoms with Crippen molar-refractivity contribution in [2.45, 2.75) is 6.92 Å². The average Bonchev–Trinajstić information content (AvgIpc) is 3.09. The van der Waals surface area contributed by atoms with Crippen LogP contribution in [0.15, 0.2) is 63.2 Å². The van der Waals surface area contributed by atoms with Crippen molar-refractivity contribution in [2.75, 3.05) is 0 Å². The number of para-hydroxylation sites is 2. The van der Waals surface area contributed by atoms with Crippen molar-refractivity contribution < 1.29 is 14.3 Å². The fourth-order valence-corrected chi connectivity index (χ4v) is 2.98. The second kappa shape index (κ2) is 5.59. The standard InChI is InChI=1S/C19H15N3O3/c1-11-12-7-4-6-10-15(12)25-17(11)18(23)21-20-16-13-8-3-5-9-14(13)22(2)19(16)24/h3-10,24H,1-2H3. The molecule has 6 nitrogen and oxygen atoms in total. The van der Waals surface area contributed by atoms with Gasteiger partial charge in [-0.2, -0.15) is 0 Å². The van der Waals surface area contributed by atoms with Gasteiger partial charge in [-0.15, -0.1) is 10.2 Å². The molecule has 0 aliphatic rings. The van der Waals surface area contributed by atoms with Crippen molar-refractivity contribution in [1.82, 2.24) is 4.57 Å². The lowest BCUT2D eigenvalue weighted by atomic mass is 10.1. The normalized spacial score (nSPS) is 11.8. The van der Waals surface area contributed by atoms with Crippen molar-refractivity contribution >= 4 is 33.5 Å². The number of nitrogens with zero attached hydrogens (tertiary/aromatic N) is 3. The fourth-order valence-electron chi connectivity index (χ4n) is 2.98. The minimum atomic E-state index is -0.582. The van der Waals surface area contributed by atoms with E-state index in [9.17, 15) is 9.90 Å². The molecule has 2 aromatic carbocycles. The molecule has 0 fully saturated rings. The van der Waals surface area contributed by atoms with Gasteiger partial charge in [-0.3, -0.25) is 4.79 Å². The largest absolute Gasteiger partial charge is 0.493 e. The summed E-state index contributed by atoms with van der Waals surface area (Å²) in [6.07, 6.45) is 0. The zero-order valence-corrected chi connectivity index (χ0v) is 13.7. The zero-order valence-electron chi connectivity index (χ0n) is 13.7. The average molecular weight is 333 g/mol. The Morgan fingerprint density at radius 2 is 1.76 bits per heavy atom. The Balaban J connectivity index is 1.76. The predicted octanol–water partition coefficient (Wildman–Crippen LogP) is 4.86. The minimum Gasteiger partial charge on any atom is -0.493 e. The molecular weight excluding hydrogens is 318 g/mol. The summed E-state index contributed by atoms with van der Waals surface area (Å²) in [5.74, 6) is -0.468. The van der Waals surface area contributed by atoms with Crippen LogP contribution in [-0.4, -0.2) is 15.6 Å². The highest BCUT2D eigenvalue weighted by Crippen LogP contribution is 2.38. The topological polar surface area (TPSA) is 80.1 Å². The van der Waals surface area contributed by atoms with E-state index in [0.29, 0.717) is 5.58 Å². The van der Waals surface area contributed by atoms with Gasteiger partial charge in [-0.05, 0) is 19.1 Å². The summed E-state index contributed by atoms with van der Waals surface area (Å²) < 4.78 is 7.20. The highest BCUT2D eigenvalue weighted by molar-refractivity contribution is 6.00. The molecule has 2 aromatic heterocycles. The molecular formula is C19H15N3O3. The number of benzene rings is 2. The molecule has 124 valence electrons. The van der Waals surface area contributed by atoms with Crippen LogP contribution in [0.25, 0.3) is 21.9 Å². The Kier molecular flexibility index (Phi) is 3.39. The van der Waals surface area contributed by atoms with Crippen molar-refractivity contribution in [1.29, 1.82) is 0 Å². The number of furan rings is 1. The molecule has 0 atom stereocenters. The van der Waals surface area contributed by atoms with Gasteiger partial charge in [0, 0.05) is 23.4 Å². The van der Waals surface area contributed by atoms with Gasteiger partial charge in [0.25, 0.3) is 0 Å². The molecule has 0 saturated carbocycles. The van der Waals surface area contributed by atoms with Gasteiger partial charge in [0.15, 0.2) is 11.4 Å². The number of hydrogen-bond acceptors (Lipinski definition) is 4. The van der Waals surface area contributed by atoms with Crippen molar-refractivity contribution in [3.05, 3.63) is 59.9 Å². The second-order valence-corrected chi connectivity index (χ2v) is 5.81. The molecule has 2 heterocycles. The van der Waals surface area contributed by atoms with Crippen molar-refractivity contribution in [3.8, 4) is 5.88 Å². The summed E-state index contributed by atoms with van der Waals surface area (Å²) >= 11 is 0. The molecule has 0 bridgehead atoms. The zero-order chi connectivity index (χ0) is 17.6. The lowest BCUT2D eigenvalue weighted by Gasteiger charge is -1.95. The van der Waals surface area contributed by atoms with Gasteiger partial charge in [0.2, 0.25) is 5.88 Å². The van der Waals surface area contributed by atoms with Crippen LogP contribution in [0.5, 0.6) is 5.88 Å². The van der Waals surface area contributed by atoms with E-state index in [1.807, 2.05) is 49.4 Å². The molecule has 0 unspecified atom stereocenters. The second-order valence-electron chi connectivity index (χ2n) is 5.81. The van der Waals surface area contributed by atoms with Crippen LogP contribution >= 0.6 is 0 Å². The first-order chi connectivity index (χ1) is 12.1. The first kappa shape index (κ1) is 15.1. The maximum absolute atomic E-state index is 12.4. The van der Waals surface area contributed by atoms with E-state index in [0.717, 1.165) is 21.9 Å². The number of aromatic hydroxyl groups is 1. The Labute approximate surface area is 143 Å². The molecule has 1 amide bonds. The lowest BCUT2D eigenvalue weighted by Crippen LogP contribution is -1.93. The van der Waals surface area contributed by atoms with E-state index in [1.165, 1.54) is 0 Å². The number of aryl methyl sites for hydroxylation is 2. The number of amides is 1. The highest BCUT2D eigenvalue weighted by Gasteiger charge is 2.18. The molecule has 0 saturated heterocycles. The van der Waals surface area contributed by atoms with E-state index < -0.39 is 5.91 Å². The van der Waals surface area contributed by atoms with Crippen LogP contribution in [0.1, 0.15) is 16.1 Å². The van der Waals surface area contributed by atoms with E-state index in [2.05, 4.69) is 10.2 Å². The van der Waals surface area contributed by atoms with Gasteiger partial charge < -0.3 is 14.1 Å². The third-order valence-corrected chi connectivity index (χ3v) is 4.33. The van der Waals surface area contributed by atoms with Gasteiger partial charge in [0.05, 0.1) is 5.52 Å². The lowest BCUT2D eigenvalue weighted by molar-refractivity contribution is 0.0970. The number of azo groups is 1. The molecule has 0 aliphatic heterocycles. The smallest absolute Gasteiger partial charge is 0.331 e. The maximum atomic E-state index is 12.4.